The van der Waals surface area contributed by atoms with E-state index in [4.69, 9.17) is 12.2 Å². The molecule has 0 spiro atoms. The maximum absolute atomic E-state index is 5.63. The monoisotopic (exact) mass is 276 g/mol. The molecule has 0 unspecified atom stereocenters. The van der Waals surface area contributed by atoms with E-state index >= 15 is 0 Å². The molecule has 2 atom stereocenters. The van der Waals surface area contributed by atoms with E-state index in [0.29, 0.717) is 12.1 Å². The molecule has 1 heterocycles. The molecule has 1 fully saturated rings. The van der Waals surface area contributed by atoms with E-state index in [2.05, 4.69) is 56.1 Å². The van der Waals surface area contributed by atoms with Crippen molar-refractivity contribution in [3.63, 3.8) is 0 Å². The lowest BCUT2D eigenvalue weighted by atomic mass is 9.98. The Hall–Kier alpha value is -1.09. The van der Waals surface area contributed by atoms with Gasteiger partial charge in [-0.05, 0) is 76.4 Å². The van der Waals surface area contributed by atoms with Gasteiger partial charge >= 0.3 is 0 Å². The molecule has 1 aliphatic heterocycles. The summed E-state index contributed by atoms with van der Waals surface area (Å²) in [5, 5.41) is 4.31. The van der Waals surface area contributed by atoms with Crippen LogP contribution >= 0.6 is 12.2 Å². The first kappa shape index (κ1) is 14.3. The molecule has 1 aromatic carbocycles. The van der Waals surface area contributed by atoms with Gasteiger partial charge in [-0.15, -0.1) is 0 Å². The Labute approximate surface area is 122 Å². The zero-order valence-corrected chi connectivity index (χ0v) is 13.2. The molecule has 2 rings (SSSR count). The molecule has 19 heavy (non-hydrogen) atoms. The first-order valence-corrected chi connectivity index (χ1v) is 7.56. The quantitative estimate of drug-likeness (QED) is 0.771. The van der Waals surface area contributed by atoms with Crippen molar-refractivity contribution >= 4 is 23.0 Å². The number of aryl methyl sites for hydroxylation is 2. The van der Waals surface area contributed by atoms with Gasteiger partial charge in [-0.25, -0.2) is 0 Å². The number of hydrogen-bond donors (Lipinski definition) is 1. The largest absolute Gasteiger partial charge is 0.344 e. The standard InChI is InChI=1S/C16H24N2S/c1-11-8-9-12(2)15(10-11)17-16(19)18-13(3)6-5-7-14(18)4/h8-10,13-14H,5-7H2,1-4H3,(H,17,19)/t13-,14-/m1/s1. The fraction of sp³-hybridized carbons (Fsp3) is 0.562. The van der Waals surface area contributed by atoms with Crippen LogP contribution in [0.4, 0.5) is 5.69 Å². The van der Waals surface area contributed by atoms with E-state index in [0.717, 1.165) is 10.8 Å². The van der Waals surface area contributed by atoms with Crippen molar-refractivity contribution in [3.05, 3.63) is 29.3 Å². The van der Waals surface area contributed by atoms with Crippen LogP contribution in [0.15, 0.2) is 18.2 Å². The van der Waals surface area contributed by atoms with E-state index < -0.39 is 0 Å². The Balaban J connectivity index is 2.13. The first-order valence-electron chi connectivity index (χ1n) is 7.15. The van der Waals surface area contributed by atoms with Crippen LogP contribution in [0.3, 0.4) is 0 Å². The highest BCUT2D eigenvalue weighted by Gasteiger charge is 2.26. The maximum atomic E-state index is 5.63. The average Bonchev–Trinajstić information content (AvgIpc) is 2.33. The molecule has 1 aromatic rings. The molecule has 1 aliphatic rings. The molecule has 0 amide bonds. The van der Waals surface area contributed by atoms with Gasteiger partial charge in [-0.1, -0.05) is 12.1 Å². The summed E-state index contributed by atoms with van der Waals surface area (Å²) in [6, 6.07) is 7.52. The summed E-state index contributed by atoms with van der Waals surface area (Å²) in [6.07, 6.45) is 3.78. The number of nitrogens with one attached hydrogen (secondary N) is 1. The van der Waals surface area contributed by atoms with E-state index in [1.54, 1.807) is 0 Å². The normalized spacial score (nSPS) is 23.3. The minimum atomic E-state index is 0.536. The topological polar surface area (TPSA) is 15.3 Å². The second-order valence-corrected chi connectivity index (χ2v) is 6.17. The fourth-order valence-electron chi connectivity index (χ4n) is 2.87. The molecule has 0 aliphatic carbocycles. The Morgan fingerprint density at radius 1 is 1.21 bits per heavy atom. The number of anilines is 1. The summed E-state index contributed by atoms with van der Waals surface area (Å²) >= 11 is 5.63. The number of benzene rings is 1. The van der Waals surface area contributed by atoms with Crippen LogP contribution in [0.25, 0.3) is 0 Å². The Bertz CT molecular complexity index is 460. The van der Waals surface area contributed by atoms with Gasteiger partial charge in [0, 0.05) is 17.8 Å². The third-order valence-corrected chi connectivity index (χ3v) is 4.38. The van der Waals surface area contributed by atoms with Crippen LogP contribution in [0.1, 0.15) is 44.2 Å². The number of piperidine rings is 1. The zero-order valence-electron chi connectivity index (χ0n) is 12.4. The summed E-state index contributed by atoms with van der Waals surface area (Å²) in [5.74, 6) is 0. The molecule has 3 heteroatoms. The minimum absolute atomic E-state index is 0.536. The molecular formula is C16H24N2S. The molecule has 0 bridgehead atoms. The Morgan fingerprint density at radius 2 is 1.84 bits per heavy atom. The van der Waals surface area contributed by atoms with Crippen molar-refractivity contribution in [2.45, 2.75) is 59.0 Å². The van der Waals surface area contributed by atoms with Crippen LogP contribution < -0.4 is 5.32 Å². The molecule has 0 aromatic heterocycles. The van der Waals surface area contributed by atoms with Crippen LogP contribution in [0.2, 0.25) is 0 Å². The zero-order chi connectivity index (χ0) is 14.0. The predicted octanol–water partition coefficient (Wildman–Crippen LogP) is 4.26. The average molecular weight is 276 g/mol. The summed E-state index contributed by atoms with van der Waals surface area (Å²) in [5.41, 5.74) is 3.64. The van der Waals surface area contributed by atoms with Crippen molar-refractivity contribution in [1.29, 1.82) is 0 Å². The number of rotatable bonds is 1. The second-order valence-electron chi connectivity index (χ2n) is 5.78. The maximum Gasteiger partial charge on any atom is 0.173 e. The van der Waals surface area contributed by atoms with Crippen LogP contribution in [0.5, 0.6) is 0 Å². The highest BCUT2D eigenvalue weighted by Crippen LogP contribution is 2.24. The van der Waals surface area contributed by atoms with Crippen LogP contribution in [-0.4, -0.2) is 22.1 Å². The third-order valence-electron chi connectivity index (χ3n) is 4.06. The lowest BCUT2D eigenvalue weighted by molar-refractivity contribution is 0.194. The minimum Gasteiger partial charge on any atom is -0.344 e. The molecule has 0 saturated carbocycles. The van der Waals surface area contributed by atoms with E-state index in [1.807, 2.05) is 0 Å². The van der Waals surface area contributed by atoms with E-state index in [-0.39, 0.29) is 0 Å². The first-order chi connectivity index (χ1) is 8.99. The van der Waals surface area contributed by atoms with Gasteiger partial charge in [-0.3, -0.25) is 0 Å². The summed E-state index contributed by atoms with van der Waals surface area (Å²) < 4.78 is 0. The number of hydrogen-bond acceptors (Lipinski definition) is 1. The summed E-state index contributed by atoms with van der Waals surface area (Å²) in [4.78, 5) is 2.36. The Morgan fingerprint density at radius 3 is 2.47 bits per heavy atom. The van der Waals surface area contributed by atoms with Gasteiger partial charge < -0.3 is 10.2 Å². The van der Waals surface area contributed by atoms with Crippen molar-refractivity contribution in [3.8, 4) is 0 Å². The molecule has 1 saturated heterocycles. The second kappa shape index (κ2) is 5.91. The lowest BCUT2D eigenvalue weighted by Gasteiger charge is -2.41. The highest BCUT2D eigenvalue weighted by atomic mass is 32.1. The Kier molecular flexibility index (Phi) is 4.46. The smallest absolute Gasteiger partial charge is 0.173 e. The number of nitrogens with zero attached hydrogens (tertiary/aromatic N) is 1. The van der Waals surface area contributed by atoms with Crippen LogP contribution in [0, 0.1) is 13.8 Å². The lowest BCUT2D eigenvalue weighted by Crippen LogP contribution is -2.49. The van der Waals surface area contributed by atoms with Crippen molar-refractivity contribution in [2.75, 3.05) is 5.32 Å². The van der Waals surface area contributed by atoms with Crippen molar-refractivity contribution in [1.82, 2.24) is 4.90 Å². The molecular weight excluding hydrogens is 252 g/mol. The van der Waals surface area contributed by atoms with Gasteiger partial charge in [0.1, 0.15) is 0 Å². The van der Waals surface area contributed by atoms with Gasteiger partial charge in [0.2, 0.25) is 0 Å². The summed E-state index contributed by atoms with van der Waals surface area (Å²) in [7, 11) is 0. The third kappa shape index (κ3) is 3.27. The number of thiocarbonyl (C=S) groups is 1. The fourth-order valence-corrected chi connectivity index (χ4v) is 3.34. The highest BCUT2D eigenvalue weighted by molar-refractivity contribution is 7.80. The molecule has 104 valence electrons. The SMILES string of the molecule is Cc1ccc(C)c(NC(=S)N2[C@H](C)CCC[C@H]2C)c1. The number of likely N-dealkylation sites (tertiary alicyclic amines) is 1. The van der Waals surface area contributed by atoms with Crippen molar-refractivity contribution in [2.24, 2.45) is 0 Å². The molecule has 0 radical (unpaired) electrons. The van der Waals surface area contributed by atoms with Gasteiger partial charge in [0.15, 0.2) is 5.11 Å². The van der Waals surface area contributed by atoms with Gasteiger partial charge in [-0.2, -0.15) is 0 Å². The van der Waals surface area contributed by atoms with Crippen LogP contribution in [-0.2, 0) is 0 Å². The predicted molar refractivity (Wildman–Crippen MR) is 86.8 cm³/mol. The molecule has 1 N–H and O–H groups in total. The van der Waals surface area contributed by atoms with Gasteiger partial charge in [0.25, 0.3) is 0 Å². The summed E-state index contributed by atoms with van der Waals surface area (Å²) in [6.45, 7) is 8.77. The molecule has 2 nitrogen and oxygen atoms in total. The van der Waals surface area contributed by atoms with E-state index in [9.17, 15) is 0 Å². The van der Waals surface area contributed by atoms with Crippen molar-refractivity contribution < 1.29 is 0 Å². The van der Waals surface area contributed by atoms with Gasteiger partial charge in [0.05, 0.1) is 0 Å². The van der Waals surface area contributed by atoms with E-state index in [1.165, 1.54) is 30.4 Å².